The second-order valence-corrected chi connectivity index (χ2v) is 6.98. The van der Waals surface area contributed by atoms with Gasteiger partial charge in [-0.15, -0.1) is 0 Å². The van der Waals surface area contributed by atoms with E-state index in [4.69, 9.17) is 4.74 Å². The maximum absolute atomic E-state index is 12.1. The van der Waals surface area contributed by atoms with Gasteiger partial charge in [-0.05, 0) is 55.9 Å². The first-order chi connectivity index (χ1) is 12.1. The molecule has 0 unspecified atom stereocenters. The standard InChI is InChI=1S/C19H28N4O2/c1-14-10-17-18(11-15(14)2)23(13-21-17)12-16-4-7-22(8-5-16)19(24)20-6-9-25-3/h10-11,13,16H,4-9,12H2,1-3H3,(H,20,24). The van der Waals surface area contributed by atoms with E-state index in [-0.39, 0.29) is 6.03 Å². The van der Waals surface area contributed by atoms with E-state index in [1.54, 1.807) is 7.11 Å². The Bertz CT molecular complexity index is 732. The molecule has 0 aliphatic carbocycles. The number of hydrogen-bond donors (Lipinski definition) is 1. The first-order valence-corrected chi connectivity index (χ1v) is 9.02. The number of amides is 2. The van der Waals surface area contributed by atoms with Gasteiger partial charge in [0, 0.05) is 33.3 Å². The Morgan fingerprint density at radius 2 is 2.00 bits per heavy atom. The van der Waals surface area contributed by atoms with Crippen molar-refractivity contribution < 1.29 is 9.53 Å². The zero-order valence-corrected chi connectivity index (χ0v) is 15.4. The topological polar surface area (TPSA) is 59.4 Å². The van der Waals surface area contributed by atoms with E-state index in [9.17, 15) is 4.79 Å². The Kier molecular flexibility index (Phi) is 5.58. The average Bonchev–Trinajstić information content (AvgIpc) is 2.98. The molecule has 2 amide bonds. The van der Waals surface area contributed by atoms with Gasteiger partial charge >= 0.3 is 6.03 Å². The predicted molar refractivity (Wildman–Crippen MR) is 98.8 cm³/mol. The number of ether oxygens (including phenoxy) is 1. The summed E-state index contributed by atoms with van der Waals surface area (Å²) in [5.41, 5.74) is 4.86. The Labute approximate surface area is 149 Å². The molecule has 1 aromatic heterocycles. The normalized spacial score (nSPS) is 15.7. The molecule has 3 rings (SSSR count). The van der Waals surface area contributed by atoms with E-state index in [0.29, 0.717) is 19.1 Å². The van der Waals surface area contributed by atoms with Gasteiger partial charge in [-0.1, -0.05) is 0 Å². The highest BCUT2D eigenvalue weighted by Crippen LogP contribution is 2.23. The molecule has 6 heteroatoms. The number of carbonyl (C=O) groups excluding carboxylic acids is 1. The Morgan fingerprint density at radius 3 is 2.72 bits per heavy atom. The van der Waals surface area contributed by atoms with Crippen molar-refractivity contribution in [2.24, 2.45) is 5.92 Å². The highest BCUT2D eigenvalue weighted by molar-refractivity contribution is 5.77. The fourth-order valence-electron chi connectivity index (χ4n) is 3.43. The number of likely N-dealkylation sites (tertiary alicyclic amines) is 1. The van der Waals surface area contributed by atoms with Crippen molar-refractivity contribution in [3.63, 3.8) is 0 Å². The quantitative estimate of drug-likeness (QED) is 0.849. The van der Waals surface area contributed by atoms with Crippen LogP contribution in [0, 0.1) is 19.8 Å². The molecule has 1 N–H and O–H groups in total. The summed E-state index contributed by atoms with van der Waals surface area (Å²) in [5.74, 6) is 0.585. The number of aromatic nitrogens is 2. The number of piperidine rings is 1. The summed E-state index contributed by atoms with van der Waals surface area (Å²) >= 11 is 0. The number of carbonyl (C=O) groups is 1. The molecule has 2 aromatic rings. The fraction of sp³-hybridized carbons (Fsp3) is 0.579. The number of nitrogens with one attached hydrogen (secondary N) is 1. The lowest BCUT2D eigenvalue weighted by molar-refractivity contribution is 0.158. The van der Waals surface area contributed by atoms with E-state index < -0.39 is 0 Å². The van der Waals surface area contributed by atoms with Gasteiger partial charge in [0.1, 0.15) is 0 Å². The number of nitrogens with zero attached hydrogens (tertiary/aromatic N) is 3. The van der Waals surface area contributed by atoms with Gasteiger partial charge in [0.15, 0.2) is 0 Å². The number of aryl methyl sites for hydroxylation is 2. The number of urea groups is 1. The van der Waals surface area contributed by atoms with Gasteiger partial charge in [0.2, 0.25) is 0 Å². The lowest BCUT2D eigenvalue weighted by atomic mass is 9.97. The lowest BCUT2D eigenvalue weighted by Gasteiger charge is -2.32. The summed E-state index contributed by atoms with van der Waals surface area (Å²) in [6.45, 7) is 7.98. The van der Waals surface area contributed by atoms with Gasteiger partial charge in [-0.3, -0.25) is 0 Å². The third-order valence-corrected chi connectivity index (χ3v) is 5.18. The van der Waals surface area contributed by atoms with Crippen LogP contribution in [0.2, 0.25) is 0 Å². The Hall–Kier alpha value is -2.08. The van der Waals surface area contributed by atoms with Crippen molar-refractivity contribution in [3.8, 4) is 0 Å². The maximum atomic E-state index is 12.1. The fourth-order valence-corrected chi connectivity index (χ4v) is 3.43. The first kappa shape index (κ1) is 17.7. The molecule has 6 nitrogen and oxygen atoms in total. The summed E-state index contributed by atoms with van der Waals surface area (Å²) in [6, 6.07) is 4.42. The molecule has 0 bridgehead atoms. The Morgan fingerprint density at radius 1 is 1.28 bits per heavy atom. The van der Waals surface area contributed by atoms with Crippen molar-refractivity contribution >= 4 is 17.1 Å². The van der Waals surface area contributed by atoms with Crippen LogP contribution in [0.4, 0.5) is 4.79 Å². The summed E-state index contributed by atoms with van der Waals surface area (Å²) in [6.07, 6.45) is 4.01. The van der Waals surface area contributed by atoms with Gasteiger partial charge in [-0.25, -0.2) is 9.78 Å². The molecule has 1 aromatic carbocycles. The molecule has 1 fully saturated rings. The molecule has 0 radical (unpaired) electrons. The van der Waals surface area contributed by atoms with E-state index in [2.05, 4.69) is 40.8 Å². The number of hydrogen-bond acceptors (Lipinski definition) is 3. The first-order valence-electron chi connectivity index (χ1n) is 9.02. The largest absolute Gasteiger partial charge is 0.383 e. The second-order valence-electron chi connectivity index (χ2n) is 6.98. The summed E-state index contributed by atoms with van der Waals surface area (Å²) in [5, 5.41) is 2.90. The van der Waals surface area contributed by atoms with Crippen LogP contribution in [0.25, 0.3) is 11.0 Å². The van der Waals surface area contributed by atoms with Gasteiger partial charge in [0.05, 0.1) is 24.0 Å². The summed E-state index contributed by atoms with van der Waals surface area (Å²) < 4.78 is 7.23. The number of methoxy groups -OCH3 is 1. The zero-order valence-electron chi connectivity index (χ0n) is 15.4. The second kappa shape index (κ2) is 7.87. The van der Waals surface area contributed by atoms with Crippen molar-refractivity contribution in [2.75, 3.05) is 33.4 Å². The molecule has 0 spiro atoms. The average molecular weight is 344 g/mol. The van der Waals surface area contributed by atoms with Crippen LogP contribution in [0.15, 0.2) is 18.5 Å². The molecule has 1 saturated heterocycles. The van der Waals surface area contributed by atoms with E-state index in [1.165, 1.54) is 16.6 Å². The van der Waals surface area contributed by atoms with Crippen LogP contribution in [-0.2, 0) is 11.3 Å². The molecule has 0 atom stereocenters. The minimum atomic E-state index is 0.0229. The smallest absolute Gasteiger partial charge is 0.317 e. The van der Waals surface area contributed by atoms with Crippen LogP contribution in [-0.4, -0.2) is 53.8 Å². The molecular formula is C19H28N4O2. The van der Waals surface area contributed by atoms with Crippen LogP contribution >= 0.6 is 0 Å². The predicted octanol–water partition coefficient (Wildman–Crippen LogP) is 2.72. The van der Waals surface area contributed by atoms with Crippen LogP contribution < -0.4 is 5.32 Å². The highest BCUT2D eigenvalue weighted by atomic mass is 16.5. The number of rotatable bonds is 5. The van der Waals surface area contributed by atoms with Crippen molar-refractivity contribution in [3.05, 3.63) is 29.6 Å². The van der Waals surface area contributed by atoms with Gasteiger partial charge in [0.25, 0.3) is 0 Å². The number of benzene rings is 1. The monoisotopic (exact) mass is 344 g/mol. The van der Waals surface area contributed by atoms with Gasteiger partial charge in [-0.2, -0.15) is 0 Å². The van der Waals surface area contributed by atoms with Crippen molar-refractivity contribution in [1.82, 2.24) is 19.8 Å². The molecule has 136 valence electrons. The minimum Gasteiger partial charge on any atom is -0.383 e. The van der Waals surface area contributed by atoms with Crippen LogP contribution in [0.5, 0.6) is 0 Å². The third-order valence-electron chi connectivity index (χ3n) is 5.18. The van der Waals surface area contributed by atoms with E-state index in [1.807, 2.05) is 11.2 Å². The van der Waals surface area contributed by atoms with Crippen molar-refractivity contribution in [2.45, 2.75) is 33.2 Å². The minimum absolute atomic E-state index is 0.0229. The highest BCUT2D eigenvalue weighted by Gasteiger charge is 2.23. The molecule has 0 saturated carbocycles. The third kappa shape index (κ3) is 4.12. The molecule has 1 aliphatic rings. The van der Waals surface area contributed by atoms with Crippen molar-refractivity contribution in [1.29, 1.82) is 0 Å². The van der Waals surface area contributed by atoms with Gasteiger partial charge < -0.3 is 19.5 Å². The molecule has 2 heterocycles. The Balaban J connectivity index is 1.56. The SMILES string of the molecule is COCCNC(=O)N1CCC(Cn2cnc3cc(C)c(C)cc32)CC1. The molecular weight excluding hydrogens is 316 g/mol. The molecule has 25 heavy (non-hydrogen) atoms. The maximum Gasteiger partial charge on any atom is 0.317 e. The number of imidazole rings is 1. The van der Waals surface area contributed by atoms with Crippen LogP contribution in [0.3, 0.4) is 0 Å². The summed E-state index contributed by atoms with van der Waals surface area (Å²) in [7, 11) is 1.64. The van der Waals surface area contributed by atoms with E-state index >= 15 is 0 Å². The zero-order chi connectivity index (χ0) is 17.8. The number of fused-ring (bicyclic) bond motifs is 1. The van der Waals surface area contributed by atoms with E-state index in [0.717, 1.165) is 38.0 Å². The lowest BCUT2D eigenvalue weighted by Crippen LogP contribution is -2.45. The summed E-state index contributed by atoms with van der Waals surface area (Å²) in [4.78, 5) is 18.5. The van der Waals surface area contributed by atoms with Crippen LogP contribution in [0.1, 0.15) is 24.0 Å². The molecule has 1 aliphatic heterocycles.